The standard InChI is InChI=1S/C10H17O8P/c1-13-9(11)7-8(10(12)14-2)19(15-3,16-4)17-5-6-18-19/h7H,5-6H2,1-4H3. The van der Waals surface area contributed by atoms with Crippen LogP contribution in [0.4, 0.5) is 0 Å². The molecule has 8 nitrogen and oxygen atoms in total. The first kappa shape index (κ1) is 16.0. The number of carbonyl (C=O) groups excluding carboxylic acids is 2. The van der Waals surface area contributed by atoms with Gasteiger partial charge in [0.15, 0.2) is 0 Å². The van der Waals surface area contributed by atoms with Crippen molar-refractivity contribution in [3.05, 3.63) is 11.4 Å². The molecule has 0 unspecified atom stereocenters. The molecule has 1 fully saturated rings. The summed E-state index contributed by atoms with van der Waals surface area (Å²) in [5, 5.41) is -0.275. The normalized spacial score (nSPS) is 23.2. The van der Waals surface area contributed by atoms with E-state index in [1.807, 2.05) is 0 Å². The summed E-state index contributed by atoms with van der Waals surface area (Å²) in [6.45, 7) is 0.323. The quantitative estimate of drug-likeness (QED) is 0.417. The van der Waals surface area contributed by atoms with E-state index in [9.17, 15) is 9.59 Å². The summed E-state index contributed by atoms with van der Waals surface area (Å²) in [6, 6.07) is 0. The number of hydrogen-bond donors (Lipinski definition) is 0. The van der Waals surface area contributed by atoms with Crippen LogP contribution in [0.1, 0.15) is 0 Å². The molecule has 1 rings (SSSR count). The second-order valence-electron chi connectivity index (χ2n) is 3.39. The average Bonchev–Trinajstić information content (AvgIpc) is 2.90. The van der Waals surface area contributed by atoms with Gasteiger partial charge in [0.25, 0.3) is 0 Å². The molecule has 1 aliphatic heterocycles. The minimum absolute atomic E-state index is 0.162. The fourth-order valence-electron chi connectivity index (χ4n) is 1.64. The Hall–Kier alpha value is -1.05. The van der Waals surface area contributed by atoms with Crippen LogP contribution in [0, 0.1) is 0 Å². The van der Waals surface area contributed by atoms with E-state index < -0.39 is 19.4 Å². The summed E-state index contributed by atoms with van der Waals surface area (Å²) >= 11 is 0. The Morgan fingerprint density at radius 1 is 1.00 bits per heavy atom. The van der Waals surface area contributed by atoms with Crippen LogP contribution in [0.2, 0.25) is 0 Å². The summed E-state index contributed by atoms with van der Waals surface area (Å²) in [7, 11) is 0.532. The molecule has 0 radical (unpaired) electrons. The number of esters is 2. The number of carbonyl (C=O) groups is 2. The second-order valence-corrected chi connectivity index (χ2v) is 6.74. The molecule has 0 aromatic rings. The van der Waals surface area contributed by atoms with E-state index in [2.05, 4.69) is 9.47 Å². The number of ether oxygens (including phenoxy) is 2. The summed E-state index contributed by atoms with van der Waals surface area (Å²) in [6.07, 6.45) is 0.891. The molecule has 0 aromatic heterocycles. The van der Waals surface area contributed by atoms with Crippen LogP contribution in [-0.4, -0.2) is 53.6 Å². The van der Waals surface area contributed by atoms with Crippen LogP contribution in [0.5, 0.6) is 0 Å². The Labute approximate surface area is 110 Å². The maximum absolute atomic E-state index is 11.9. The summed E-state index contributed by atoms with van der Waals surface area (Å²) in [4.78, 5) is 23.3. The van der Waals surface area contributed by atoms with Crippen molar-refractivity contribution >= 4 is 19.4 Å². The van der Waals surface area contributed by atoms with Gasteiger partial charge in [-0.15, -0.1) is 0 Å². The maximum atomic E-state index is 11.9. The molecule has 1 saturated heterocycles. The van der Waals surface area contributed by atoms with Crippen LogP contribution in [0.15, 0.2) is 11.4 Å². The number of methoxy groups -OCH3 is 2. The van der Waals surface area contributed by atoms with Crippen molar-refractivity contribution in [1.29, 1.82) is 0 Å². The van der Waals surface area contributed by atoms with Gasteiger partial charge in [-0.25, -0.2) is 0 Å². The van der Waals surface area contributed by atoms with Gasteiger partial charge in [0, 0.05) is 0 Å². The molecular formula is C10H17O8P. The van der Waals surface area contributed by atoms with Crippen molar-refractivity contribution in [3.8, 4) is 0 Å². The second kappa shape index (κ2) is 5.94. The van der Waals surface area contributed by atoms with Crippen LogP contribution >= 0.6 is 7.51 Å². The van der Waals surface area contributed by atoms with Gasteiger partial charge in [0.2, 0.25) is 0 Å². The van der Waals surface area contributed by atoms with E-state index >= 15 is 0 Å². The molecule has 0 saturated carbocycles. The fourth-order valence-corrected chi connectivity index (χ4v) is 4.44. The summed E-state index contributed by atoms with van der Waals surface area (Å²) in [5.41, 5.74) is 0. The van der Waals surface area contributed by atoms with Crippen molar-refractivity contribution in [1.82, 2.24) is 0 Å². The molecule has 0 amide bonds. The fraction of sp³-hybridized carbons (Fsp3) is 0.600. The van der Waals surface area contributed by atoms with E-state index in [0.29, 0.717) is 0 Å². The van der Waals surface area contributed by atoms with Gasteiger partial charge in [0.05, 0.1) is 0 Å². The molecule has 9 heteroatoms. The van der Waals surface area contributed by atoms with Crippen molar-refractivity contribution in [3.63, 3.8) is 0 Å². The van der Waals surface area contributed by atoms with E-state index in [-0.39, 0.29) is 18.5 Å². The Morgan fingerprint density at radius 2 is 1.53 bits per heavy atom. The number of hydrogen-bond acceptors (Lipinski definition) is 8. The van der Waals surface area contributed by atoms with Crippen LogP contribution in [0.25, 0.3) is 0 Å². The first-order valence-corrected chi connectivity index (χ1v) is 7.22. The zero-order chi connectivity index (χ0) is 14.5. The molecule has 110 valence electrons. The van der Waals surface area contributed by atoms with Gasteiger partial charge in [0.1, 0.15) is 0 Å². The van der Waals surface area contributed by atoms with E-state index in [1.165, 1.54) is 21.3 Å². The van der Waals surface area contributed by atoms with Crippen molar-refractivity contribution in [2.75, 3.05) is 41.7 Å². The molecule has 0 aromatic carbocycles. The first-order chi connectivity index (χ1) is 8.97. The molecule has 0 spiro atoms. The Kier molecular flexibility index (Phi) is 5.00. The molecular weight excluding hydrogens is 279 g/mol. The van der Waals surface area contributed by atoms with Gasteiger partial charge < -0.3 is 0 Å². The Bertz CT molecular complexity index is 390. The predicted molar refractivity (Wildman–Crippen MR) is 65.0 cm³/mol. The third-order valence-corrected chi connectivity index (χ3v) is 6.20. The first-order valence-electron chi connectivity index (χ1n) is 5.31. The molecule has 0 aliphatic carbocycles. The third kappa shape index (κ3) is 2.63. The van der Waals surface area contributed by atoms with E-state index in [0.717, 1.165) is 13.2 Å². The van der Waals surface area contributed by atoms with Gasteiger partial charge in [-0.3, -0.25) is 0 Å². The number of rotatable bonds is 5. The van der Waals surface area contributed by atoms with Crippen molar-refractivity contribution < 1.29 is 37.2 Å². The van der Waals surface area contributed by atoms with Gasteiger partial charge in [-0.05, 0) is 0 Å². The Morgan fingerprint density at radius 3 is 1.89 bits per heavy atom. The van der Waals surface area contributed by atoms with E-state index in [1.54, 1.807) is 0 Å². The third-order valence-electron chi connectivity index (χ3n) is 2.58. The summed E-state index contributed by atoms with van der Waals surface area (Å²) < 4.78 is 30.5. The van der Waals surface area contributed by atoms with Crippen molar-refractivity contribution in [2.24, 2.45) is 0 Å². The van der Waals surface area contributed by atoms with Crippen LogP contribution < -0.4 is 0 Å². The minimum atomic E-state index is -4.32. The van der Waals surface area contributed by atoms with Crippen molar-refractivity contribution in [2.45, 2.75) is 0 Å². The molecule has 0 bridgehead atoms. The zero-order valence-electron chi connectivity index (χ0n) is 11.2. The van der Waals surface area contributed by atoms with Gasteiger partial charge >= 0.3 is 110 Å². The molecule has 1 aliphatic rings. The average molecular weight is 296 g/mol. The van der Waals surface area contributed by atoms with Crippen LogP contribution in [0.3, 0.4) is 0 Å². The monoisotopic (exact) mass is 296 g/mol. The van der Waals surface area contributed by atoms with Gasteiger partial charge in [-0.1, -0.05) is 0 Å². The summed E-state index contributed by atoms with van der Waals surface area (Å²) in [5.74, 6) is -1.63. The topological polar surface area (TPSA) is 89.5 Å². The molecule has 0 N–H and O–H groups in total. The molecule has 1 heterocycles. The van der Waals surface area contributed by atoms with E-state index in [4.69, 9.17) is 18.1 Å². The van der Waals surface area contributed by atoms with Crippen LogP contribution in [-0.2, 0) is 37.2 Å². The predicted octanol–water partition coefficient (Wildman–Crippen LogP) is 0.769. The van der Waals surface area contributed by atoms with Gasteiger partial charge in [-0.2, -0.15) is 0 Å². The Balaban J connectivity index is 3.39. The molecule has 19 heavy (non-hydrogen) atoms. The molecule has 0 atom stereocenters. The zero-order valence-corrected chi connectivity index (χ0v) is 12.1. The SMILES string of the molecule is COC(=O)C=C(C(=O)OC)P1(OC)(OC)OCCO1.